The summed E-state index contributed by atoms with van der Waals surface area (Å²) in [5.41, 5.74) is 2.24. The molecule has 4 nitrogen and oxygen atoms in total. The molecule has 2 aromatic carbocycles. The number of carbonyl (C=O) groups excluding carboxylic acids is 1. The number of carbonyl (C=O) groups is 1. The minimum absolute atomic E-state index is 0.0575. The summed E-state index contributed by atoms with van der Waals surface area (Å²) in [6.45, 7) is 1.64. The quantitative estimate of drug-likeness (QED) is 0.892. The highest BCUT2D eigenvalue weighted by Crippen LogP contribution is 2.36. The average molecular weight is 286 g/mol. The number of halogens is 1. The highest BCUT2D eigenvalue weighted by molar-refractivity contribution is 6.03. The first kappa shape index (κ1) is 13.6. The molecule has 0 radical (unpaired) electrons. The van der Waals surface area contributed by atoms with Gasteiger partial charge in [0.25, 0.3) is 0 Å². The van der Waals surface area contributed by atoms with Crippen LogP contribution in [0.5, 0.6) is 0 Å². The van der Waals surface area contributed by atoms with Crippen LogP contribution in [0.3, 0.4) is 0 Å². The number of para-hydroxylation sites is 2. The fourth-order valence-electron chi connectivity index (χ4n) is 2.45. The molecule has 0 saturated heterocycles. The van der Waals surface area contributed by atoms with Crippen molar-refractivity contribution < 1.29 is 14.3 Å². The number of fused-ring (bicyclic) bond motifs is 1. The van der Waals surface area contributed by atoms with Crippen molar-refractivity contribution >= 4 is 23.0 Å². The summed E-state index contributed by atoms with van der Waals surface area (Å²) in [7, 11) is 0. The summed E-state index contributed by atoms with van der Waals surface area (Å²) >= 11 is 0. The minimum Gasteiger partial charge on any atom is -0.389 e. The van der Waals surface area contributed by atoms with Crippen molar-refractivity contribution in [2.24, 2.45) is 0 Å². The van der Waals surface area contributed by atoms with Gasteiger partial charge in [0.05, 0.1) is 23.2 Å². The fraction of sp³-hybridized carbons (Fsp3) is 0.188. The van der Waals surface area contributed by atoms with E-state index in [1.54, 1.807) is 30.0 Å². The lowest BCUT2D eigenvalue weighted by molar-refractivity contribution is -0.115. The van der Waals surface area contributed by atoms with Gasteiger partial charge in [-0.2, -0.15) is 0 Å². The maximum Gasteiger partial charge on any atom is 0.244 e. The summed E-state index contributed by atoms with van der Waals surface area (Å²) < 4.78 is 14.3. The molecule has 0 unspecified atom stereocenters. The van der Waals surface area contributed by atoms with E-state index in [9.17, 15) is 14.3 Å². The normalized spacial score (nSPS) is 15.4. The molecule has 2 N–H and O–H groups in total. The molecular formula is C16H15FN2O2. The lowest BCUT2D eigenvalue weighted by atomic mass is 10.1. The Morgan fingerprint density at radius 3 is 2.71 bits per heavy atom. The SMILES string of the molecule is C[C@@H](O)c1ccc(N2CC(=O)Nc3ccccc32)c(F)c1. The molecule has 0 spiro atoms. The summed E-state index contributed by atoms with van der Waals surface area (Å²) in [6, 6.07) is 11.8. The molecule has 0 aliphatic carbocycles. The smallest absolute Gasteiger partial charge is 0.244 e. The zero-order valence-electron chi connectivity index (χ0n) is 11.5. The van der Waals surface area contributed by atoms with Crippen LogP contribution < -0.4 is 10.2 Å². The Balaban J connectivity index is 2.07. The Hall–Kier alpha value is -2.40. The number of nitrogens with zero attached hydrogens (tertiary/aromatic N) is 1. The highest BCUT2D eigenvalue weighted by atomic mass is 19.1. The second kappa shape index (κ2) is 5.18. The number of hydrogen-bond donors (Lipinski definition) is 2. The Morgan fingerprint density at radius 2 is 2.00 bits per heavy atom. The Kier molecular flexibility index (Phi) is 3.35. The number of rotatable bonds is 2. The number of benzene rings is 2. The van der Waals surface area contributed by atoms with E-state index in [2.05, 4.69) is 5.32 Å². The van der Waals surface area contributed by atoms with Crippen LogP contribution in [0.15, 0.2) is 42.5 Å². The van der Waals surface area contributed by atoms with E-state index in [1.165, 1.54) is 6.07 Å². The van der Waals surface area contributed by atoms with Crippen LogP contribution in [-0.4, -0.2) is 17.6 Å². The third-order valence-corrected chi connectivity index (χ3v) is 3.52. The fourth-order valence-corrected chi connectivity index (χ4v) is 2.45. The van der Waals surface area contributed by atoms with Gasteiger partial charge < -0.3 is 15.3 Å². The first-order valence-corrected chi connectivity index (χ1v) is 6.70. The molecule has 21 heavy (non-hydrogen) atoms. The second-order valence-electron chi connectivity index (χ2n) is 5.04. The molecule has 3 rings (SSSR count). The van der Waals surface area contributed by atoms with E-state index in [4.69, 9.17) is 0 Å². The molecule has 108 valence electrons. The summed E-state index contributed by atoms with van der Waals surface area (Å²) in [4.78, 5) is 13.4. The highest BCUT2D eigenvalue weighted by Gasteiger charge is 2.24. The van der Waals surface area contributed by atoms with Crippen molar-refractivity contribution in [2.45, 2.75) is 13.0 Å². The molecule has 2 aromatic rings. The van der Waals surface area contributed by atoms with E-state index in [-0.39, 0.29) is 12.5 Å². The predicted octanol–water partition coefficient (Wildman–Crippen LogP) is 2.97. The zero-order chi connectivity index (χ0) is 15.0. The molecule has 1 amide bonds. The topological polar surface area (TPSA) is 52.6 Å². The number of aliphatic hydroxyl groups excluding tert-OH is 1. The average Bonchev–Trinajstić information content (AvgIpc) is 2.46. The molecule has 1 aliphatic rings. The van der Waals surface area contributed by atoms with Gasteiger partial charge in [0.2, 0.25) is 5.91 Å². The van der Waals surface area contributed by atoms with Crippen molar-refractivity contribution in [3.8, 4) is 0 Å². The van der Waals surface area contributed by atoms with Gasteiger partial charge >= 0.3 is 0 Å². The molecule has 0 aromatic heterocycles. The lowest BCUT2D eigenvalue weighted by Crippen LogP contribution is -2.35. The molecule has 1 aliphatic heterocycles. The third kappa shape index (κ3) is 2.48. The Labute approximate surface area is 121 Å². The molecule has 0 fully saturated rings. The van der Waals surface area contributed by atoms with E-state index in [1.807, 2.05) is 18.2 Å². The predicted molar refractivity (Wildman–Crippen MR) is 79.1 cm³/mol. The van der Waals surface area contributed by atoms with Crippen LogP contribution in [-0.2, 0) is 4.79 Å². The first-order valence-electron chi connectivity index (χ1n) is 6.70. The van der Waals surface area contributed by atoms with Gasteiger partial charge in [0, 0.05) is 0 Å². The van der Waals surface area contributed by atoms with Crippen LogP contribution in [0.2, 0.25) is 0 Å². The van der Waals surface area contributed by atoms with Crippen molar-refractivity contribution in [1.82, 2.24) is 0 Å². The maximum absolute atomic E-state index is 14.3. The van der Waals surface area contributed by atoms with Crippen LogP contribution in [0.25, 0.3) is 0 Å². The van der Waals surface area contributed by atoms with Gasteiger partial charge in [-0.3, -0.25) is 4.79 Å². The Bertz CT molecular complexity index is 700. The van der Waals surface area contributed by atoms with E-state index in [0.29, 0.717) is 16.9 Å². The first-order chi connectivity index (χ1) is 10.1. The number of hydrogen-bond acceptors (Lipinski definition) is 3. The van der Waals surface area contributed by atoms with Gasteiger partial charge in [-0.05, 0) is 36.8 Å². The van der Waals surface area contributed by atoms with E-state index >= 15 is 0 Å². The van der Waals surface area contributed by atoms with Gasteiger partial charge in [-0.25, -0.2) is 4.39 Å². The van der Waals surface area contributed by atoms with Crippen LogP contribution in [0.1, 0.15) is 18.6 Å². The van der Waals surface area contributed by atoms with Gasteiger partial charge in [0.1, 0.15) is 12.4 Å². The minimum atomic E-state index is -0.731. The number of amides is 1. The number of anilines is 3. The molecule has 1 heterocycles. The maximum atomic E-state index is 14.3. The van der Waals surface area contributed by atoms with E-state index in [0.717, 1.165) is 5.69 Å². The van der Waals surface area contributed by atoms with E-state index < -0.39 is 11.9 Å². The van der Waals surface area contributed by atoms with Gasteiger partial charge in [-0.15, -0.1) is 0 Å². The monoisotopic (exact) mass is 286 g/mol. The number of aliphatic hydroxyl groups is 1. The van der Waals surface area contributed by atoms with Gasteiger partial charge in [0.15, 0.2) is 0 Å². The Morgan fingerprint density at radius 1 is 1.24 bits per heavy atom. The van der Waals surface area contributed by atoms with Crippen molar-refractivity contribution in [2.75, 3.05) is 16.8 Å². The molecule has 0 saturated carbocycles. The third-order valence-electron chi connectivity index (χ3n) is 3.52. The standard InChI is InChI=1S/C16H15FN2O2/c1-10(20)11-6-7-14(12(17)8-11)19-9-16(21)18-13-4-2-3-5-15(13)19/h2-8,10,20H,9H2,1H3,(H,18,21)/t10-/m1/s1. The summed E-state index contributed by atoms with van der Waals surface area (Å²) in [6.07, 6.45) is -0.731. The molecule has 1 atom stereocenters. The number of nitrogens with one attached hydrogen (secondary N) is 1. The summed E-state index contributed by atoms with van der Waals surface area (Å²) in [5.74, 6) is -0.648. The zero-order valence-corrected chi connectivity index (χ0v) is 11.5. The van der Waals surface area contributed by atoms with Gasteiger partial charge in [-0.1, -0.05) is 18.2 Å². The molecule has 0 bridgehead atoms. The second-order valence-corrected chi connectivity index (χ2v) is 5.04. The largest absolute Gasteiger partial charge is 0.389 e. The lowest BCUT2D eigenvalue weighted by Gasteiger charge is -2.31. The van der Waals surface area contributed by atoms with Crippen LogP contribution in [0.4, 0.5) is 21.5 Å². The van der Waals surface area contributed by atoms with Crippen LogP contribution in [0, 0.1) is 5.82 Å². The molecular weight excluding hydrogens is 271 g/mol. The van der Waals surface area contributed by atoms with Crippen molar-refractivity contribution in [1.29, 1.82) is 0 Å². The summed E-state index contributed by atoms with van der Waals surface area (Å²) in [5, 5.41) is 12.3. The molecule has 5 heteroatoms. The van der Waals surface area contributed by atoms with Crippen LogP contribution >= 0.6 is 0 Å². The van der Waals surface area contributed by atoms with Crippen molar-refractivity contribution in [3.05, 3.63) is 53.8 Å². The van der Waals surface area contributed by atoms with Crippen molar-refractivity contribution in [3.63, 3.8) is 0 Å².